The molecule has 0 saturated heterocycles. The summed E-state index contributed by atoms with van der Waals surface area (Å²) in [6.07, 6.45) is 6.01. The minimum absolute atomic E-state index is 0.880. The fraction of sp³-hybridized carbons (Fsp3) is 0. The molecule has 6 rings (SSSR count). The van der Waals surface area contributed by atoms with Gasteiger partial charge in [0, 0.05) is 34.4 Å². The molecule has 0 radical (unpaired) electrons. The molecular formula is C21H14N4OS+2. The number of H-pyrrole nitrogens is 1. The van der Waals surface area contributed by atoms with Crippen LogP contribution in [0, 0.1) is 0 Å². The van der Waals surface area contributed by atoms with Crippen LogP contribution in [0.5, 0.6) is 0 Å². The van der Waals surface area contributed by atoms with Crippen molar-refractivity contribution in [3.8, 4) is 11.4 Å². The molecule has 0 spiro atoms. The molecule has 0 amide bonds. The van der Waals surface area contributed by atoms with E-state index in [1.54, 1.807) is 11.5 Å². The molecule has 0 aliphatic heterocycles. The summed E-state index contributed by atoms with van der Waals surface area (Å²) in [5, 5.41) is 10.5. The Bertz CT molecular complexity index is 1410. The minimum atomic E-state index is 0.880. The summed E-state index contributed by atoms with van der Waals surface area (Å²) in [6.45, 7) is 0. The summed E-state index contributed by atoms with van der Waals surface area (Å²) in [7, 11) is 0. The molecule has 0 aliphatic carbocycles. The maximum absolute atomic E-state index is 5.94. The summed E-state index contributed by atoms with van der Waals surface area (Å²) in [5.41, 5.74) is 4.04. The molecule has 128 valence electrons. The van der Waals surface area contributed by atoms with Gasteiger partial charge in [-0.1, -0.05) is 12.1 Å². The number of aromatic amines is 1. The van der Waals surface area contributed by atoms with E-state index in [-0.39, 0.29) is 0 Å². The molecule has 5 nitrogen and oxygen atoms in total. The minimum Gasteiger partial charge on any atom is -0.278 e. The van der Waals surface area contributed by atoms with Crippen LogP contribution >= 0.6 is 11.5 Å². The van der Waals surface area contributed by atoms with Crippen molar-refractivity contribution in [1.29, 1.82) is 0 Å². The van der Waals surface area contributed by atoms with Gasteiger partial charge in [-0.25, -0.2) is 4.52 Å². The maximum atomic E-state index is 5.94. The number of rotatable bonds is 2. The standard InChI is InChI=1S/C21H14N4OS/c1-2-4-20-15(3-1)12-24(26-20)17-7-8-21-16(9-17)13-25(27-21)18-6-5-14-11-22-23-19(14)10-18/h1-13H,(H,22,23)/q+2. The molecule has 6 heteroatoms. The first kappa shape index (κ1) is 14.6. The second-order valence-corrected chi connectivity index (χ2v) is 7.51. The zero-order valence-corrected chi connectivity index (χ0v) is 15.0. The van der Waals surface area contributed by atoms with Crippen molar-refractivity contribution >= 4 is 43.5 Å². The van der Waals surface area contributed by atoms with Gasteiger partial charge in [0.25, 0.3) is 5.69 Å². The highest BCUT2D eigenvalue weighted by atomic mass is 32.1. The van der Waals surface area contributed by atoms with Crippen LogP contribution in [0.25, 0.3) is 43.3 Å². The fourth-order valence-electron chi connectivity index (χ4n) is 3.36. The third-order valence-corrected chi connectivity index (χ3v) is 5.83. The van der Waals surface area contributed by atoms with E-state index in [1.165, 1.54) is 10.1 Å². The molecule has 1 N–H and O–H groups in total. The first-order valence-corrected chi connectivity index (χ1v) is 9.41. The number of nitrogens with one attached hydrogen (secondary N) is 1. The highest BCUT2D eigenvalue weighted by Crippen LogP contribution is 2.22. The quantitative estimate of drug-likeness (QED) is 0.467. The predicted octanol–water partition coefficient (Wildman–Crippen LogP) is 4.08. The highest BCUT2D eigenvalue weighted by molar-refractivity contribution is 7.09. The summed E-state index contributed by atoms with van der Waals surface area (Å²) in [4.78, 5) is 0. The Morgan fingerprint density at radius 3 is 2.74 bits per heavy atom. The summed E-state index contributed by atoms with van der Waals surface area (Å²) in [6, 6.07) is 20.7. The summed E-state index contributed by atoms with van der Waals surface area (Å²) >= 11 is 1.71. The number of hydrogen-bond acceptors (Lipinski definition) is 3. The van der Waals surface area contributed by atoms with Crippen LogP contribution in [0.15, 0.2) is 83.8 Å². The first-order valence-electron chi connectivity index (χ1n) is 8.64. The Hall–Kier alpha value is -3.51. The van der Waals surface area contributed by atoms with Crippen molar-refractivity contribution in [1.82, 2.24) is 10.2 Å². The lowest BCUT2D eigenvalue weighted by Gasteiger charge is -1.90. The summed E-state index contributed by atoms with van der Waals surface area (Å²) < 4.78 is 11.2. The van der Waals surface area contributed by atoms with Gasteiger partial charge in [-0.15, -0.1) is 3.96 Å². The maximum Gasteiger partial charge on any atom is 0.259 e. The van der Waals surface area contributed by atoms with E-state index < -0.39 is 0 Å². The van der Waals surface area contributed by atoms with Gasteiger partial charge in [-0.05, 0) is 24.3 Å². The van der Waals surface area contributed by atoms with Gasteiger partial charge in [0.05, 0.1) is 22.5 Å². The van der Waals surface area contributed by atoms with Crippen LogP contribution in [0.1, 0.15) is 0 Å². The number of aromatic nitrogens is 4. The molecule has 3 aromatic carbocycles. The van der Waals surface area contributed by atoms with Gasteiger partial charge in [-0.3, -0.25) is 5.10 Å². The van der Waals surface area contributed by atoms with E-state index in [9.17, 15) is 0 Å². The topological polar surface area (TPSA) is 49.6 Å². The Balaban J connectivity index is 1.46. The van der Waals surface area contributed by atoms with E-state index in [0.717, 1.165) is 33.2 Å². The van der Waals surface area contributed by atoms with Crippen LogP contribution in [0.2, 0.25) is 0 Å². The normalized spacial score (nSPS) is 11.7. The number of fused-ring (bicyclic) bond motifs is 3. The third-order valence-electron chi connectivity index (χ3n) is 4.75. The number of nitrogens with zero attached hydrogens (tertiary/aromatic N) is 3. The molecule has 3 heterocycles. The molecular weight excluding hydrogens is 356 g/mol. The van der Waals surface area contributed by atoms with Gasteiger partial charge in [0.2, 0.25) is 17.5 Å². The lowest BCUT2D eigenvalue weighted by molar-refractivity contribution is -0.779. The van der Waals surface area contributed by atoms with Crippen molar-refractivity contribution in [2.75, 3.05) is 0 Å². The molecule has 6 aromatic rings. The lowest BCUT2D eigenvalue weighted by Crippen LogP contribution is -2.26. The van der Waals surface area contributed by atoms with Crippen molar-refractivity contribution in [3.05, 3.63) is 79.3 Å². The van der Waals surface area contributed by atoms with E-state index in [4.69, 9.17) is 4.52 Å². The van der Waals surface area contributed by atoms with Crippen LogP contribution in [0.4, 0.5) is 0 Å². The van der Waals surface area contributed by atoms with E-state index >= 15 is 0 Å². The largest absolute Gasteiger partial charge is 0.278 e. The van der Waals surface area contributed by atoms with Crippen molar-refractivity contribution in [3.63, 3.8) is 0 Å². The predicted molar refractivity (Wildman–Crippen MR) is 104 cm³/mol. The molecule has 0 unspecified atom stereocenters. The molecule has 0 bridgehead atoms. The van der Waals surface area contributed by atoms with Crippen molar-refractivity contribution in [2.45, 2.75) is 0 Å². The van der Waals surface area contributed by atoms with Gasteiger partial charge >= 0.3 is 0 Å². The van der Waals surface area contributed by atoms with Crippen molar-refractivity contribution in [2.24, 2.45) is 0 Å². The molecule has 3 aromatic heterocycles. The monoisotopic (exact) mass is 370 g/mol. The number of para-hydroxylation sites is 1. The Morgan fingerprint density at radius 2 is 1.78 bits per heavy atom. The number of hydrogen-bond donors (Lipinski definition) is 1. The second-order valence-electron chi connectivity index (χ2n) is 6.49. The van der Waals surface area contributed by atoms with Crippen LogP contribution < -0.4 is 8.70 Å². The summed E-state index contributed by atoms with van der Waals surface area (Å²) in [5.74, 6) is 0. The molecule has 0 atom stereocenters. The van der Waals surface area contributed by atoms with Gasteiger partial charge < -0.3 is 0 Å². The first-order chi connectivity index (χ1) is 13.3. The van der Waals surface area contributed by atoms with Crippen LogP contribution in [-0.2, 0) is 0 Å². The Morgan fingerprint density at radius 1 is 0.852 bits per heavy atom. The zero-order valence-electron chi connectivity index (χ0n) is 14.2. The zero-order chi connectivity index (χ0) is 17.8. The smallest absolute Gasteiger partial charge is 0.259 e. The van der Waals surface area contributed by atoms with Crippen molar-refractivity contribution < 1.29 is 13.2 Å². The Labute approximate surface area is 157 Å². The Kier molecular flexibility index (Phi) is 2.98. The van der Waals surface area contributed by atoms with E-state index in [0.29, 0.717) is 0 Å². The highest BCUT2D eigenvalue weighted by Gasteiger charge is 2.19. The molecule has 0 aliphatic rings. The molecule has 27 heavy (non-hydrogen) atoms. The molecule has 0 saturated carbocycles. The fourth-order valence-corrected chi connectivity index (χ4v) is 4.30. The average molecular weight is 370 g/mol. The second kappa shape index (κ2) is 5.49. The molecule has 0 fully saturated rings. The van der Waals surface area contributed by atoms with Gasteiger partial charge in [0.15, 0.2) is 6.20 Å². The van der Waals surface area contributed by atoms with E-state index in [2.05, 4.69) is 62.8 Å². The number of benzene rings is 3. The SMILES string of the molecule is c1ccc2o[n+](-c3ccc4s[n+](-c5ccc6cn[nH]c6c5)cc4c3)cc2c1. The van der Waals surface area contributed by atoms with E-state index in [1.807, 2.05) is 35.3 Å². The third kappa shape index (κ3) is 2.34. The van der Waals surface area contributed by atoms with Gasteiger partial charge in [-0.2, -0.15) is 5.10 Å². The van der Waals surface area contributed by atoms with Crippen LogP contribution in [-0.4, -0.2) is 10.2 Å². The van der Waals surface area contributed by atoms with Crippen LogP contribution in [0.3, 0.4) is 0 Å². The van der Waals surface area contributed by atoms with Gasteiger partial charge in [0.1, 0.15) is 16.2 Å². The lowest BCUT2D eigenvalue weighted by atomic mass is 10.2. The average Bonchev–Trinajstić information content (AvgIpc) is 3.42.